The fourth-order valence-corrected chi connectivity index (χ4v) is 2.51. The van der Waals surface area contributed by atoms with Crippen LogP contribution in [0.3, 0.4) is 0 Å². The maximum Gasteiger partial charge on any atom is 0.171 e. The highest BCUT2D eigenvalue weighted by molar-refractivity contribution is 9.10. The van der Waals surface area contributed by atoms with Crippen molar-refractivity contribution in [3.8, 4) is 11.5 Å². The summed E-state index contributed by atoms with van der Waals surface area (Å²) in [6.07, 6.45) is 0. The maximum atomic E-state index is 5.97. The molecule has 108 valence electrons. The molecule has 0 aliphatic rings. The van der Waals surface area contributed by atoms with Gasteiger partial charge in [-0.25, -0.2) is 0 Å². The van der Waals surface area contributed by atoms with E-state index in [1.165, 1.54) is 5.56 Å². The Labute approximate surface area is 128 Å². The average molecular weight is 338 g/mol. The van der Waals surface area contributed by atoms with Gasteiger partial charge >= 0.3 is 0 Å². The van der Waals surface area contributed by atoms with Gasteiger partial charge in [0.15, 0.2) is 5.75 Å². The number of nitrogens with one attached hydrogen (secondary N) is 1. The standard InChI is InChI=1S/C15H20BrN3O/c1-5-17-9-12-6-7-13(8-14(12)16)20-15-10(2)18-19(4)11(15)3/h6-8,17H,5,9H2,1-4H3. The molecule has 0 saturated heterocycles. The molecule has 0 amide bonds. The molecule has 0 bridgehead atoms. The van der Waals surface area contributed by atoms with E-state index in [0.717, 1.165) is 40.4 Å². The summed E-state index contributed by atoms with van der Waals surface area (Å²) >= 11 is 3.59. The van der Waals surface area contributed by atoms with Crippen molar-refractivity contribution in [3.63, 3.8) is 0 Å². The molecule has 0 saturated carbocycles. The Kier molecular flexibility index (Phi) is 4.83. The molecule has 0 unspecified atom stereocenters. The molecule has 0 fully saturated rings. The smallest absolute Gasteiger partial charge is 0.171 e. The summed E-state index contributed by atoms with van der Waals surface area (Å²) in [4.78, 5) is 0. The second-order valence-electron chi connectivity index (χ2n) is 4.76. The number of halogens is 1. The Bertz CT molecular complexity index is 607. The van der Waals surface area contributed by atoms with Gasteiger partial charge in [0.1, 0.15) is 11.4 Å². The van der Waals surface area contributed by atoms with Crippen molar-refractivity contribution >= 4 is 15.9 Å². The molecule has 0 atom stereocenters. The molecule has 1 aromatic heterocycles. The summed E-state index contributed by atoms with van der Waals surface area (Å²) < 4.78 is 8.85. The van der Waals surface area contributed by atoms with E-state index in [1.807, 2.05) is 37.7 Å². The molecule has 2 aromatic rings. The predicted molar refractivity (Wildman–Crippen MR) is 84.3 cm³/mol. The minimum atomic E-state index is 0.816. The number of rotatable bonds is 5. The van der Waals surface area contributed by atoms with E-state index in [1.54, 1.807) is 0 Å². The summed E-state index contributed by atoms with van der Waals surface area (Å²) in [5.41, 5.74) is 3.15. The Balaban J connectivity index is 2.20. The van der Waals surface area contributed by atoms with Crippen LogP contribution in [0, 0.1) is 13.8 Å². The van der Waals surface area contributed by atoms with Crippen molar-refractivity contribution in [1.82, 2.24) is 15.1 Å². The lowest BCUT2D eigenvalue weighted by Gasteiger charge is -2.09. The minimum absolute atomic E-state index is 0.816. The van der Waals surface area contributed by atoms with Crippen LogP contribution >= 0.6 is 15.9 Å². The zero-order valence-corrected chi connectivity index (χ0v) is 13.9. The van der Waals surface area contributed by atoms with E-state index in [4.69, 9.17) is 4.74 Å². The number of hydrogen-bond donors (Lipinski definition) is 1. The third-order valence-electron chi connectivity index (χ3n) is 3.25. The van der Waals surface area contributed by atoms with Crippen molar-refractivity contribution in [3.05, 3.63) is 39.6 Å². The Hall–Kier alpha value is -1.33. The van der Waals surface area contributed by atoms with Gasteiger partial charge in [-0.1, -0.05) is 28.9 Å². The molecule has 0 radical (unpaired) electrons. The minimum Gasteiger partial charge on any atom is -0.453 e. The topological polar surface area (TPSA) is 39.1 Å². The zero-order chi connectivity index (χ0) is 14.7. The molecule has 0 aliphatic carbocycles. The fourth-order valence-electron chi connectivity index (χ4n) is 2.01. The van der Waals surface area contributed by atoms with Crippen LogP contribution in [-0.4, -0.2) is 16.3 Å². The highest BCUT2D eigenvalue weighted by Crippen LogP contribution is 2.30. The molecule has 1 aromatic carbocycles. The highest BCUT2D eigenvalue weighted by Gasteiger charge is 2.12. The van der Waals surface area contributed by atoms with Crippen LogP contribution in [0.5, 0.6) is 11.5 Å². The normalized spacial score (nSPS) is 10.8. The van der Waals surface area contributed by atoms with E-state index in [0.29, 0.717) is 0 Å². The molecule has 20 heavy (non-hydrogen) atoms. The van der Waals surface area contributed by atoms with Crippen LogP contribution in [0.15, 0.2) is 22.7 Å². The van der Waals surface area contributed by atoms with Gasteiger partial charge in [-0.2, -0.15) is 5.10 Å². The predicted octanol–water partition coefficient (Wildman–Crippen LogP) is 3.70. The first-order valence-electron chi connectivity index (χ1n) is 6.70. The maximum absolute atomic E-state index is 5.97. The van der Waals surface area contributed by atoms with Crippen LogP contribution in [0.25, 0.3) is 0 Å². The van der Waals surface area contributed by atoms with Gasteiger partial charge in [0.2, 0.25) is 0 Å². The molecule has 4 nitrogen and oxygen atoms in total. The summed E-state index contributed by atoms with van der Waals surface area (Å²) in [7, 11) is 1.92. The first kappa shape index (κ1) is 15.1. The summed E-state index contributed by atoms with van der Waals surface area (Å²) in [5.74, 6) is 1.65. The van der Waals surface area contributed by atoms with E-state index < -0.39 is 0 Å². The van der Waals surface area contributed by atoms with Crippen molar-refractivity contribution < 1.29 is 4.74 Å². The molecule has 5 heteroatoms. The number of nitrogens with zero attached hydrogens (tertiary/aromatic N) is 2. The van der Waals surface area contributed by atoms with Gasteiger partial charge in [0.05, 0.1) is 5.69 Å². The van der Waals surface area contributed by atoms with E-state index in [9.17, 15) is 0 Å². The first-order valence-corrected chi connectivity index (χ1v) is 7.49. The van der Waals surface area contributed by atoms with Crippen LogP contribution in [0.2, 0.25) is 0 Å². The molecule has 0 spiro atoms. The summed E-state index contributed by atoms with van der Waals surface area (Å²) in [5, 5.41) is 7.67. The van der Waals surface area contributed by atoms with Crippen molar-refractivity contribution in [1.29, 1.82) is 0 Å². The summed E-state index contributed by atoms with van der Waals surface area (Å²) in [6, 6.07) is 6.06. The van der Waals surface area contributed by atoms with Gasteiger partial charge < -0.3 is 10.1 Å². The van der Waals surface area contributed by atoms with Crippen molar-refractivity contribution in [2.24, 2.45) is 7.05 Å². The number of ether oxygens (including phenoxy) is 1. The van der Waals surface area contributed by atoms with Gasteiger partial charge in [-0.05, 0) is 38.1 Å². The molecule has 0 aliphatic heterocycles. The molecule has 1 heterocycles. The van der Waals surface area contributed by atoms with E-state index in [-0.39, 0.29) is 0 Å². The van der Waals surface area contributed by atoms with Crippen LogP contribution in [0.1, 0.15) is 23.9 Å². The average Bonchev–Trinajstić information content (AvgIpc) is 2.64. The van der Waals surface area contributed by atoms with Gasteiger partial charge in [0.25, 0.3) is 0 Å². The number of aryl methyl sites for hydroxylation is 2. The number of benzene rings is 1. The Morgan fingerprint density at radius 1 is 1.35 bits per heavy atom. The largest absolute Gasteiger partial charge is 0.453 e. The number of hydrogen-bond acceptors (Lipinski definition) is 3. The van der Waals surface area contributed by atoms with Crippen molar-refractivity contribution in [2.45, 2.75) is 27.3 Å². The molecular weight excluding hydrogens is 318 g/mol. The first-order chi connectivity index (χ1) is 9.52. The van der Waals surface area contributed by atoms with Gasteiger partial charge in [-0.3, -0.25) is 4.68 Å². The van der Waals surface area contributed by atoms with Crippen LogP contribution in [0.4, 0.5) is 0 Å². The zero-order valence-electron chi connectivity index (χ0n) is 12.3. The van der Waals surface area contributed by atoms with Gasteiger partial charge in [-0.15, -0.1) is 0 Å². The second-order valence-corrected chi connectivity index (χ2v) is 5.61. The monoisotopic (exact) mass is 337 g/mol. The molecule has 1 N–H and O–H groups in total. The molecule has 2 rings (SSSR count). The van der Waals surface area contributed by atoms with Crippen LogP contribution < -0.4 is 10.1 Å². The lowest BCUT2D eigenvalue weighted by molar-refractivity contribution is 0.473. The second kappa shape index (κ2) is 6.41. The summed E-state index contributed by atoms with van der Waals surface area (Å²) in [6.45, 7) is 7.86. The quantitative estimate of drug-likeness (QED) is 0.904. The SMILES string of the molecule is CCNCc1ccc(Oc2c(C)nn(C)c2C)cc1Br. The van der Waals surface area contributed by atoms with Crippen molar-refractivity contribution in [2.75, 3.05) is 6.54 Å². The third-order valence-corrected chi connectivity index (χ3v) is 3.99. The van der Waals surface area contributed by atoms with E-state index in [2.05, 4.69) is 39.3 Å². The molecular formula is C15H20BrN3O. The van der Waals surface area contributed by atoms with E-state index >= 15 is 0 Å². The fraction of sp³-hybridized carbons (Fsp3) is 0.400. The lowest BCUT2D eigenvalue weighted by Crippen LogP contribution is -2.12. The number of aromatic nitrogens is 2. The highest BCUT2D eigenvalue weighted by atomic mass is 79.9. The van der Waals surface area contributed by atoms with Gasteiger partial charge in [0, 0.05) is 18.1 Å². The third kappa shape index (κ3) is 3.22. The Morgan fingerprint density at radius 2 is 2.10 bits per heavy atom. The lowest BCUT2D eigenvalue weighted by atomic mass is 10.2. The van der Waals surface area contributed by atoms with Crippen LogP contribution in [-0.2, 0) is 13.6 Å². The Morgan fingerprint density at radius 3 is 2.65 bits per heavy atom.